The van der Waals surface area contributed by atoms with Crippen molar-refractivity contribution in [2.75, 3.05) is 7.05 Å². The summed E-state index contributed by atoms with van der Waals surface area (Å²) in [6, 6.07) is 3.12. The van der Waals surface area contributed by atoms with Gasteiger partial charge in [-0.3, -0.25) is 4.79 Å². The van der Waals surface area contributed by atoms with Crippen LogP contribution in [0.4, 0.5) is 0 Å². The molecule has 0 fully saturated rings. The number of nitrogens with two attached hydrogens (primary N) is 1. The maximum atomic E-state index is 11.3. The molecule has 1 amide bonds. The largest absolute Gasteiger partial charge is 0.480 e. The molecule has 0 heterocycles. The minimum absolute atomic E-state index is 0.124. The first-order valence-electron chi connectivity index (χ1n) is 5.45. The molecule has 9 heteroatoms. The predicted molar refractivity (Wildman–Crippen MR) is 68.9 cm³/mol. The van der Waals surface area contributed by atoms with E-state index in [-0.39, 0.29) is 10.6 Å². The van der Waals surface area contributed by atoms with Crippen LogP contribution in [0.2, 0.25) is 0 Å². The Labute approximate surface area is 115 Å². The van der Waals surface area contributed by atoms with Crippen molar-refractivity contribution in [1.82, 2.24) is 5.32 Å². The molecule has 1 atom stereocenters. The summed E-state index contributed by atoms with van der Waals surface area (Å²) in [7, 11) is -2.62. The lowest BCUT2D eigenvalue weighted by Gasteiger charge is -2.15. The van der Waals surface area contributed by atoms with Gasteiger partial charge in [0.25, 0.3) is 5.91 Å². The van der Waals surface area contributed by atoms with E-state index in [4.69, 9.17) is 15.0 Å². The molecule has 0 aliphatic carbocycles. The number of aromatic carboxylic acids is 1. The van der Waals surface area contributed by atoms with Crippen LogP contribution in [0.15, 0.2) is 23.1 Å². The summed E-state index contributed by atoms with van der Waals surface area (Å²) in [4.78, 5) is 22.1. The van der Waals surface area contributed by atoms with Crippen LogP contribution in [-0.4, -0.2) is 38.6 Å². The monoisotopic (exact) mass is 302 g/mol. The van der Waals surface area contributed by atoms with Crippen LogP contribution < -0.4 is 15.2 Å². The van der Waals surface area contributed by atoms with Crippen molar-refractivity contribution in [1.29, 1.82) is 0 Å². The number of amides is 1. The number of rotatable bonds is 5. The van der Waals surface area contributed by atoms with Crippen molar-refractivity contribution in [2.24, 2.45) is 5.14 Å². The summed E-state index contributed by atoms with van der Waals surface area (Å²) >= 11 is 0. The molecule has 0 saturated heterocycles. The first-order chi connectivity index (χ1) is 9.16. The molecule has 0 radical (unpaired) electrons. The second-order valence-corrected chi connectivity index (χ2v) is 5.44. The van der Waals surface area contributed by atoms with E-state index in [9.17, 15) is 18.0 Å². The Bertz CT molecular complexity index is 640. The van der Waals surface area contributed by atoms with Gasteiger partial charge < -0.3 is 15.2 Å². The zero-order chi connectivity index (χ0) is 15.5. The van der Waals surface area contributed by atoms with Gasteiger partial charge in [-0.2, -0.15) is 0 Å². The number of carboxylic acid groups (broad SMARTS) is 1. The van der Waals surface area contributed by atoms with Crippen LogP contribution in [-0.2, 0) is 14.8 Å². The number of primary sulfonamides is 1. The second kappa shape index (κ2) is 5.88. The second-order valence-electron chi connectivity index (χ2n) is 3.88. The lowest BCUT2D eigenvalue weighted by Crippen LogP contribution is -2.34. The smallest absolute Gasteiger partial charge is 0.339 e. The summed E-state index contributed by atoms with van der Waals surface area (Å²) in [5.74, 6) is -1.97. The van der Waals surface area contributed by atoms with Gasteiger partial charge in [-0.15, -0.1) is 0 Å². The van der Waals surface area contributed by atoms with Gasteiger partial charge in [0.1, 0.15) is 11.3 Å². The topological polar surface area (TPSA) is 136 Å². The molecule has 1 unspecified atom stereocenters. The third-order valence-electron chi connectivity index (χ3n) is 2.43. The van der Waals surface area contributed by atoms with Crippen LogP contribution in [0.3, 0.4) is 0 Å². The number of hydrogen-bond donors (Lipinski definition) is 3. The normalized spacial score (nSPS) is 12.6. The molecule has 0 aromatic heterocycles. The summed E-state index contributed by atoms with van der Waals surface area (Å²) in [5, 5.41) is 16.3. The number of nitrogens with one attached hydrogen (secondary N) is 1. The number of carbonyl (C=O) groups excluding carboxylic acids is 1. The molecule has 0 aliphatic rings. The first kappa shape index (κ1) is 15.9. The van der Waals surface area contributed by atoms with E-state index in [1.165, 1.54) is 14.0 Å². The molecule has 1 aromatic carbocycles. The van der Waals surface area contributed by atoms with Gasteiger partial charge in [0.2, 0.25) is 10.0 Å². The quantitative estimate of drug-likeness (QED) is 0.673. The van der Waals surface area contributed by atoms with E-state index in [0.717, 1.165) is 18.2 Å². The Hall–Kier alpha value is -2.13. The number of likely N-dealkylation sites (N-methyl/N-ethyl adjacent to an activating group) is 1. The summed E-state index contributed by atoms with van der Waals surface area (Å²) in [6.45, 7) is 1.43. The van der Waals surface area contributed by atoms with E-state index in [2.05, 4.69) is 5.32 Å². The van der Waals surface area contributed by atoms with E-state index in [1.807, 2.05) is 0 Å². The van der Waals surface area contributed by atoms with Crippen LogP contribution in [0.5, 0.6) is 5.75 Å². The van der Waals surface area contributed by atoms with E-state index in [0.29, 0.717) is 0 Å². The van der Waals surface area contributed by atoms with Crippen molar-refractivity contribution in [3.05, 3.63) is 23.8 Å². The molecule has 110 valence electrons. The molecule has 20 heavy (non-hydrogen) atoms. The Balaban J connectivity index is 3.21. The van der Waals surface area contributed by atoms with Crippen molar-refractivity contribution < 1.29 is 27.9 Å². The lowest BCUT2D eigenvalue weighted by atomic mass is 10.2. The Morgan fingerprint density at radius 1 is 1.40 bits per heavy atom. The number of carbonyl (C=O) groups is 2. The molecule has 8 nitrogen and oxygen atoms in total. The number of carboxylic acids is 1. The van der Waals surface area contributed by atoms with Crippen molar-refractivity contribution in [2.45, 2.75) is 17.9 Å². The summed E-state index contributed by atoms with van der Waals surface area (Å²) in [6.07, 6.45) is -0.932. The Morgan fingerprint density at radius 2 is 2.00 bits per heavy atom. The summed E-state index contributed by atoms with van der Waals surface area (Å²) in [5.41, 5.74) is -0.396. The van der Waals surface area contributed by atoms with E-state index >= 15 is 0 Å². The highest BCUT2D eigenvalue weighted by Gasteiger charge is 2.20. The van der Waals surface area contributed by atoms with Gasteiger partial charge in [-0.25, -0.2) is 18.4 Å². The van der Waals surface area contributed by atoms with Crippen molar-refractivity contribution in [3.8, 4) is 5.75 Å². The van der Waals surface area contributed by atoms with E-state index in [1.54, 1.807) is 0 Å². The number of benzene rings is 1. The van der Waals surface area contributed by atoms with Crippen LogP contribution in [0.1, 0.15) is 17.3 Å². The highest BCUT2D eigenvalue weighted by molar-refractivity contribution is 7.89. The standard InChI is InChI=1S/C11H14N2O6S/c1-6(10(14)13-2)19-9-4-3-7(20(12,17)18)5-8(9)11(15)16/h3-6H,1-2H3,(H,13,14)(H,15,16)(H2,12,17,18). The fraction of sp³-hybridized carbons (Fsp3) is 0.273. The maximum absolute atomic E-state index is 11.3. The van der Waals surface area contributed by atoms with Gasteiger partial charge in [0.15, 0.2) is 6.10 Å². The molecule has 1 aromatic rings. The minimum Gasteiger partial charge on any atom is -0.480 e. The Kier molecular flexibility index (Phi) is 4.69. The van der Waals surface area contributed by atoms with E-state index < -0.39 is 33.6 Å². The zero-order valence-electron chi connectivity index (χ0n) is 10.8. The third-order valence-corrected chi connectivity index (χ3v) is 3.34. The van der Waals surface area contributed by atoms with Crippen molar-refractivity contribution >= 4 is 21.9 Å². The van der Waals surface area contributed by atoms with Crippen LogP contribution in [0, 0.1) is 0 Å². The summed E-state index contributed by atoms with van der Waals surface area (Å²) < 4.78 is 27.5. The fourth-order valence-corrected chi connectivity index (χ4v) is 1.94. The Morgan fingerprint density at radius 3 is 2.45 bits per heavy atom. The molecule has 0 spiro atoms. The molecule has 0 aliphatic heterocycles. The molecular formula is C11H14N2O6S. The zero-order valence-corrected chi connectivity index (χ0v) is 11.6. The van der Waals surface area contributed by atoms with Gasteiger partial charge >= 0.3 is 5.97 Å². The molecule has 0 bridgehead atoms. The number of hydrogen-bond acceptors (Lipinski definition) is 5. The third kappa shape index (κ3) is 3.68. The van der Waals surface area contributed by atoms with Gasteiger partial charge in [-0.05, 0) is 25.1 Å². The number of sulfonamides is 1. The molecule has 4 N–H and O–H groups in total. The highest BCUT2D eigenvalue weighted by atomic mass is 32.2. The first-order valence-corrected chi connectivity index (χ1v) is 7.00. The number of ether oxygens (including phenoxy) is 1. The van der Waals surface area contributed by atoms with Gasteiger partial charge in [0.05, 0.1) is 4.90 Å². The minimum atomic E-state index is -4.02. The van der Waals surface area contributed by atoms with Gasteiger partial charge in [-0.1, -0.05) is 0 Å². The SMILES string of the molecule is CNC(=O)C(C)Oc1ccc(S(N)(=O)=O)cc1C(=O)O. The van der Waals surface area contributed by atoms with Crippen LogP contribution >= 0.6 is 0 Å². The highest BCUT2D eigenvalue weighted by Crippen LogP contribution is 2.23. The fourth-order valence-electron chi connectivity index (χ4n) is 1.40. The van der Waals surface area contributed by atoms with Crippen molar-refractivity contribution in [3.63, 3.8) is 0 Å². The molecule has 0 saturated carbocycles. The maximum Gasteiger partial charge on any atom is 0.339 e. The average molecular weight is 302 g/mol. The average Bonchev–Trinajstić information content (AvgIpc) is 2.36. The van der Waals surface area contributed by atoms with Crippen LogP contribution in [0.25, 0.3) is 0 Å². The lowest BCUT2D eigenvalue weighted by molar-refractivity contribution is -0.126. The molecular weight excluding hydrogens is 288 g/mol. The molecule has 1 rings (SSSR count). The van der Waals surface area contributed by atoms with Gasteiger partial charge in [0, 0.05) is 7.05 Å². The predicted octanol–water partition coefficient (Wildman–Crippen LogP) is -0.454.